The Morgan fingerprint density at radius 1 is 0.943 bits per heavy atom. The Morgan fingerprint density at radius 2 is 1.66 bits per heavy atom. The number of piperidine rings is 1. The van der Waals surface area contributed by atoms with E-state index < -0.39 is 0 Å². The van der Waals surface area contributed by atoms with Gasteiger partial charge in [0.25, 0.3) is 0 Å². The largest absolute Gasteiger partial charge is 0.497 e. The summed E-state index contributed by atoms with van der Waals surface area (Å²) in [6.45, 7) is 2.39. The van der Waals surface area contributed by atoms with Gasteiger partial charge >= 0.3 is 0 Å². The fourth-order valence-electron chi connectivity index (χ4n) is 4.45. The normalized spacial score (nSPS) is 14.3. The molecule has 0 bridgehead atoms. The van der Waals surface area contributed by atoms with E-state index in [1.54, 1.807) is 56.7 Å². The first-order chi connectivity index (χ1) is 17.0. The van der Waals surface area contributed by atoms with Crippen molar-refractivity contribution in [1.29, 1.82) is 0 Å². The van der Waals surface area contributed by atoms with Crippen molar-refractivity contribution in [2.75, 3.05) is 38.4 Å². The number of anilines is 2. The molecule has 3 aromatic carbocycles. The number of rotatable bonds is 8. The van der Waals surface area contributed by atoms with Crippen LogP contribution in [0, 0.1) is 5.92 Å². The molecule has 182 valence electrons. The Balaban J connectivity index is 1.42. The van der Waals surface area contributed by atoms with Crippen LogP contribution in [0.4, 0.5) is 11.4 Å². The van der Waals surface area contributed by atoms with Crippen molar-refractivity contribution in [2.24, 2.45) is 5.92 Å². The number of nitrogens with two attached hydrogens (primary N) is 1. The highest BCUT2D eigenvalue weighted by Crippen LogP contribution is 2.29. The first-order valence-electron chi connectivity index (χ1n) is 11.7. The molecule has 1 heterocycles. The van der Waals surface area contributed by atoms with E-state index >= 15 is 0 Å². The fraction of sp³-hybridized carbons (Fsp3) is 0.286. The van der Waals surface area contributed by atoms with Crippen molar-refractivity contribution in [1.82, 2.24) is 4.90 Å². The second-order valence-corrected chi connectivity index (χ2v) is 8.68. The van der Waals surface area contributed by atoms with Crippen LogP contribution >= 0.6 is 0 Å². The molecule has 7 heteroatoms. The summed E-state index contributed by atoms with van der Waals surface area (Å²) >= 11 is 0. The minimum absolute atomic E-state index is 0.108. The second kappa shape index (κ2) is 11.1. The van der Waals surface area contributed by atoms with Gasteiger partial charge in [-0.2, -0.15) is 0 Å². The van der Waals surface area contributed by atoms with Gasteiger partial charge in [0.1, 0.15) is 11.5 Å². The number of hydrogen-bond acceptors (Lipinski definition) is 6. The fourth-order valence-corrected chi connectivity index (χ4v) is 4.45. The Hall–Kier alpha value is -3.84. The number of nitrogens with one attached hydrogen (secondary N) is 1. The summed E-state index contributed by atoms with van der Waals surface area (Å²) in [6.07, 6.45) is 1.46. The third-order valence-corrected chi connectivity index (χ3v) is 6.49. The standard InChI is InChI=1S/C28H31N3O4/c1-34-22-12-10-19(11-13-22)27(32)23-7-5-8-24(29)26(23)30-28(33)20-14-16-31(17-15-20)18-21-6-3-4-9-25(21)35-2/h3-13,20H,14-18,29H2,1-2H3,(H,30,33). The Bertz CT molecular complexity index is 1190. The lowest BCUT2D eigenvalue weighted by Crippen LogP contribution is -2.38. The molecular formula is C28H31N3O4. The number of para-hydroxylation sites is 2. The SMILES string of the molecule is COc1ccc(C(=O)c2cccc(N)c2NC(=O)C2CCN(Cc3ccccc3OC)CC2)cc1. The minimum atomic E-state index is -0.207. The Kier molecular flexibility index (Phi) is 7.67. The van der Waals surface area contributed by atoms with Crippen molar-refractivity contribution in [3.8, 4) is 11.5 Å². The molecule has 0 atom stereocenters. The van der Waals surface area contributed by atoms with Crippen molar-refractivity contribution in [3.05, 3.63) is 83.4 Å². The van der Waals surface area contributed by atoms with Crippen LogP contribution in [0.2, 0.25) is 0 Å². The number of amides is 1. The number of carbonyl (C=O) groups is 2. The maximum absolute atomic E-state index is 13.2. The highest BCUT2D eigenvalue weighted by molar-refractivity contribution is 6.15. The maximum Gasteiger partial charge on any atom is 0.227 e. The number of ketones is 1. The smallest absolute Gasteiger partial charge is 0.227 e. The molecule has 7 nitrogen and oxygen atoms in total. The van der Waals surface area contributed by atoms with E-state index in [1.807, 2.05) is 18.2 Å². The lowest BCUT2D eigenvalue weighted by molar-refractivity contribution is -0.121. The summed E-state index contributed by atoms with van der Waals surface area (Å²) in [5.41, 5.74) is 8.93. The lowest BCUT2D eigenvalue weighted by atomic mass is 9.94. The van der Waals surface area contributed by atoms with E-state index in [9.17, 15) is 9.59 Å². The summed E-state index contributed by atoms with van der Waals surface area (Å²) in [5.74, 6) is 1.08. The van der Waals surface area contributed by atoms with Gasteiger partial charge in [0.05, 0.1) is 25.6 Å². The Labute approximate surface area is 205 Å². The number of benzene rings is 3. The van der Waals surface area contributed by atoms with Crippen molar-refractivity contribution < 1.29 is 19.1 Å². The summed E-state index contributed by atoms with van der Waals surface area (Å²) in [6, 6.07) is 20.0. The molecule has 0 unspecified atom stereocenters. The number of likely N-dealkylation sites (tertiary alicyclic amines) is 1. The van der Waals surface area contributed by atoms with Gasteiger partial charge in [-0.15, -0.1) is 0 Å². The number of hydrogen-bond donors (Lipinski definition) is 2. The van der Waals surface area contributed by atoms with Crippen LogP contribution in [0.3, 0.4) is 0 Å². The zero-order valence-electron chi connectivity index (χ0n) is 20.1. The van der Waals surface area contributed by atoms with Crippen LogP contribution in [0.5, 0.6) is 11.5 Å². The van der Waals surface area contributed by atoms with Crippen molar-refractivity contribution >= 4 is 23.1 Å². The molecule has 0 aromatic heterocycles. The summed E-state index contributed by atoms with van der Waals surface area (Å²) < 4.78 is 10.6. The van der Waals surface area contributed by atoms with Crippen LogP contribution in [0.15, 0.2) is 66.7 Å². The molecule has 0 spiro atoms. The van der Waals surface area contributed by atoms with Gasteiger partial charge in [-0.1, -0.05) is 24.3 Å². The Morgan fingerprint density at radius 3 is 2.34 bits per heavy atom. The van der Waals surface area contributed by atoms with Gasteiger partial charge in [-0.25, -0.2) is 0 Å². The topological polar surface area (TPSA) is 93.9 Å². The van der Waals surface area contributed by atoms with Crippen molar-refractivity contribution in [3.63, 3.8) is 0 Å². The van der Waals surface area contributed by atoms with Gasteiger partial charge in [0.2, 0.25) is 5.91 Å². The molecule has 3 N–H and O–H groups in total. The zero-order valence-corrected chi connectivity index (χ0v) is 20.1. The van der Waals surface area contributed by atoms with E-state index in [1.165, 1.54) is 0 Å². The molecule has 1 amide bonds. The van der Waals surface area contributed by atoms with Crippen LogP contribution in [-0.4, -0.2) is 43.9 Å². The molecular weight excluding hydrogens is 442 g/mol. The van der Waals surface area contributed by atoms with Crippen LogP contribution < -0.4 is 20.5 Å². The molecule has 4 rings (SSSR count). The second-order valence-electron chi connectivity index (χ2n) is 8.68. The first-order valence-corrected chi connectivity index (χ1v) is 11.7. The number of carbonyl (C=O) groups excluding carboxylic acids is 2. The predicted molar refractivity (Wildman–Crippen MR) is 137 cm³/mol. The van der Waals surface area contributed by atoms with Gasteiger partial charge in [-0.05, 0) is 68.4 Å². The van der Waals surface area contributed by atoms with Gasteiger partial charge < -0.3 is 20.5 Å². The average Bonchev–Trinajstić information content (AvgIpc) is 2.90. The van der Waals surface area contributed by atoms with Crippen LogP contribution in [-0.2, 0) is 11.3 Å². The third kappa shape index (κ3) is 5.63. The van der Waals surface area contributed by atoms with E-state index in [-0.39, 0.29) is 17.6 Å². The lowest BCUT2D eigenvalue weighted by Gasteiger charge is -2.31. The molecule has 0 aliphatic carbocycles. The van der Waals surface area contributed by atoms with E-state index in [2.05, 4.69) is 16.3 Å². The molecule has 1 saturated heterocycles. The molecule has 1 fully saturated rings. The number of methoxy groups -OCH3 is 2. The number of nitrogen functional groups attached to an aromatic ring is 1. The summed E-state index contributed by atoms with van der Waals surface area (Å²) in [7, 11) is 3.25. The van der Waals surface area contributed by atoms with Crippen LogP contribution in [0.25, 0.3) is 0 Å². The molecule has 0 radical (unpaired) electrons. The zero-order chi connectivity index (χ0) is 24.8. The monoisotopic (exact) mass is 473 g/mol. The molecule has 35 heavy (non-hydrogen) atoms. The van der Waals surface area contributed by atoms with Crippen LogP contribution in [0.1, 0.15) is 34.3 Å². The molecule has 3 aromatic rings. The predicted octanol–water partition coefficient (Wildman–Crippen LogP) is 4.37. The van der Waals surface area contributed by atoms with E-state index in [0.29, 0.717) is 28.3 Å². The highest BCUT2D eigenvalue weighted by atomic mass is 16.5. The quantitative estimate of drug-likeness (QED) is 0.373. The van der Waals surface area contributed by atoms with E-state index in [0.717, 1.165) is 43.8 Å². The molecule has 0 saturated carbocycles. The summed E-state index contributed by atoms with van der Waals surface area (Å²) in [4.78, 5) is 28.7. The minimum Gasteiger partial charge on any atom is -0.497 e. The average molecular weight is 474 g/mol. The van der Waals surface area contributed by atoms with E-state index in [4.69, 9.17) is 15.2 Å². The first kappa shape index (κ1) is 24.3. The van der Waals surface area contributed by atoms with Gasteiger partial charge in [0.15, 0.2) is 5.78 Å². The molecule has 1 aliphatic rings. The van der Waals surface area contributed by atoms with Gasteiger partial charge in [0, 0.05) is 29.2 Å². The van der Waals surface area contributed by atoms with Gasteiger partial charge in [-0.3, -0.25) is 14.5 Å². The number of ether oxygens (including phenoxy) is 2. The molecule has 1 aliphatic heterocycles. The maximum atomic E-state index is 13.2. The summed E-state index contributed by atoms with van der Waals surface area (Å²) in [5, 5.41) is 2.96. The number of nitrogens with zero attached hydrogens (tertiary/aromatic N) is 1. The highest BCUT2D eigenvalue weighted by Gasteiger charge is 2.27. The van der Waals surface area contributed by atoms with Crippen molar-refractivity contribution in [2.45, 2.75) is 19.4 Å². The third-order valence-electron chi connectivity index (χ3n) is 6.49.